The van der Waals surface area contributed by atoms with E-state index in [2.05, 4.69) is 30.9 Å². The monoisotopic (exact) mass is 659 g/mol. The van der Waals surface area contributed by atoms with Crippen LogP contribution >= 0.6 is 11.6 Å². The van der Waals surface area contributed by atoms with Gasteiger partial charge in [0.1, 0.15) is 22.0 Å². The average Bonchev–Trinajstić information content (AvgIpc) is 3.03. The Balaban J connectivity index is 1.59. The molecule has 0 unspecified atom stereocenters. The molecule has 0 aromatic heterocycles. The molecule has 1 heterocycles. The topological polar surface area (TPSA) is 97.1 Å². The lowest BCUT2D eigenvalue weighted by molar-refractivity contribution is 0.414. The molecule has 0 bridgehead atoms. The number of ether oxygens (including phenoxy) is 1. The minimum Gasteiger partial charge on any atom is -0.495 e. The standard InChI is InChI=1S/C37H38ClNO6S/c1-5-7-17-39(18-8-6-2)27-14-11-25(12-15-27)9-10-26-13-16-28(36(20-26)46(41,42)43)37-29-19-24(3)32(40)22-33(29)45-34-23-35(44-4)31(38)21-30(34)37/h9-16,19-23H,5-8,17-18H2,1-4H3,(H,41,42,43)/b10-9+. The number of unbranched alkanes of at least 4 members (excludes halogenated alkanes) is 2. The zero-order valence-electron chi connectivity index (χ0n) is 26.5. The van der Waals surface area contributed by atoms with Crippen LogP contribution in [0.5, 0.6) is 5.75 Å². The number of aryl methyl sites for hydroxylation is 1. The Morgan fingerprint density at radius 1 is 0.891 bits per heavy atom. The lowest BCUT2D eigenvalue weighted by Gasteiger charge is -2.24. The number of methoxy groups -OCH3 is 1. The van der Waals surface area contributed by atoms with E-state index in [1.807, 2.05) is 24.3 Å². The van der Waals surface area contributed by atoms with Gasteiger partial charge in [-0.2, -0.15) is 8.42 Å². The number of fused-ring (bicyclic) bond motifs is 2. The molecule has 5 rings (SSSR count). The molecule has 3 aromatic carbocycles. The fourth-order valence-electron chi connectivity index (χ4n) is 5.59. The smallest absolute Gasteiger partial charge is 0.295 e. The fourth-order valence-corrected chi connectivity index (χ4v) is 6.57. The molecule has 0 fully saturated rings. The zero-order valence-corrected chi connectivity index (χ0v) is 28.0. The van der Waals surface area contributed by atoms with Crippen LogP contribution in [0, 0.1) is 6.92 Å². The molecular weight excluding hydrogens is 622 g/mol. The summed E-state index contributed by atoms with van der Waals surface area (Å²) in [6, 6.07) is 19.4. The van der Waals surface area contributed by atoms with Crippen LogP contribution in [0.3, 0.4) is 0 Å². The third kappa shape index (κ3) is 7.15. The summed E-state index contributed by atoms with van der Waals surface area (Å²) in [5.74, 6) is 0.620. The highest BCUT2D eigenvalue weighted by atomic mass is 35.5. The Bertz CT molecular complexity index is 2020. The van der Waals surface area contributed by atoms with Crippen LogP contribution in [0.1, 0.15) is 56.2 Å². The molecule has 1 N–H and O–H groups in total. The highest BCUT2D eigenvalue weighted by Crippen LogP contribution is 2.45. The maximum Gasteiger partial charge on any atom is 0.295 e. The number of nitrogens with zero attached hydrogens (tertiary/aromatic N) is 1. The van der Waals surface area contributed by atoms with E-state index < -0.39 is 10.1 Å². The number of hydrogen-bond acceptors (Lipinski definition) is 6. The Hall–Kier alpha value is -4.11. The van der Waals surface area contributed by atoms with Crippen molar-refractivity contribution in [1.82, 2.24) is 0 Å². The molecule has 7 nitrogen and oxygen atoms in total. The van der Waals surface area contributed by atoms with E-state index in [-0.39, 0.29) is 21.6 Å². The molecule has 0 atom stereocenters. The highest BCUT2D eigenvalue weighted by molar-refractivity contribution is 7.86. The third-order valence-electron chi connectivity index (χ3n) is 8.13. The lowest BCUT2D eigenvalue weighted by Crippen LogP contribution is -2.25. The average molecular weight is 660 g/mol. The van der Waals surface area contributed by atoms with Crippen molar-refractivity contribution in [2.45, 2.75) is 51.3 Å². The van der Waals surface area contributed by atoms with Crippen molar-refractivity contribution in [2.75, 3.05) is 25.1 Å². The van der Waals surface area contributed by atoms with E-state index in [1.54, 1.807) is 37.3 Å². The normalized spacial score (nSPS) is 12.0. The number of hydrogen-bond donors (Lipinski definition) is 1. The molecule has 0 saturated carbocycles. The van der Waals surface area contributed by atoms with Crippen LogP contribution in [0.25, 0.3) is 45.6 Å². The molecule has 1 aliphatic carbocycles. The molecule has 0 radical (unpaired) electrons. The summed E-state index contributed by atoms with van der Waals surface area (Å²) in [4.78, 5) is 14.7. The van der Waals surface area contributed by atoms with Crippen molar-refractivity contribution in [3.63, 3.8) is 0 Å². The first-order chi connectivity index (χ1) is 22.0. The van der Waals surface area contributed by atoms with Gasteiger partial charge >= 0.3 is 0 Å². The summed E-state index contributed by atoms with van der Waals surface area (Å²) >= 11 is 6.50. The van der Waals surface area contributed by atoms with Gasteiger partial charge in [-0.15, -0.1) is 0 Å². The van der Waals surface area contributed by atoms with Crippen LogP contribution in [0.2, 0.25) is 5.02 Å². The van der Waals surface area contributed by atoms with Crippen molar-refractivity contribution in [3.05, 3.63) is 98.7 Å². The predicted molar refractivity (Wildman–Crippen MR) is 188 cm³/mol. The van der Waals surface area contributed by atoms with Crippen LogP contribution < -0.4 is 15.1 Å². The van der Waals surface area contributed by atoms with Crippen LogP contribution in [0.4, 0.5) is 5.69 Å². The molecular formula is C37H38ClNO6S. The molecule has 46 heavy (non-hydrogen) atoms. The van der Waals surface area contributed by atoms with Gasteiger partial charge in [0.2, 0.25) is 0 Å². The zero-order chi connectivity index (χ0) is 33.0. The van der Waals surface area contributed by atoms with Gasteiger partial charge < -0.3 is 14.1 Å². The van der Waals surface area contributed by atoms with Gasteiger partial charge in [-0.25, -0.2) is 0 Å². The summed E-state index contributed by atoms with van der Waals surface area (Å²) < 4.78 is 47.6. The molecule has 2 aliphatic rings. The number of anilines is 1. The van der Waals surface area contributed by atoms with Gasteiger partial charge in [0.05, 0.1) is 12.1 Å². The maximum absolute atomic E-state index is 12.9. The van der Waals surface area contributed by atoms with Crippen LogP contribution in [-0.2, 0) is 10.1 Å². The Kier molecular flexibility index (Phi) is 10.2. The second-order valence-corrected chi connectivity index (χ2v) is 13.2. The highest BCUT2D eigenvalue weighted by Gasteiger charge is 2.25. The Morgan fingerprint density at radius 3 is 2.17 bits per heavy atom. The molecule has 9 heteroatoms. The quantitative estimate of drug-likeness (QED) is 0.0810. The van der Waals surface area contributed by atoms with Crippen molar-refractivity contribution in [2.24, 2.45) is 0 Å². The van der Waals surface area contributed by atoms with E-state index in [1.165, 1.54) is 24.9 Å². The molecule has 0 amide bonds. The minimum atomic E-state index is -4.69. The van der Waals surface area contributed by atoms with Gasteiger partial charge in [-0.05, 0) is 66.8 Å². The summed E-state index contributed by atoms with van der Waals surface area (Å²) in [5, 5.41) is 0.789. The second kappa shape index (κ2) is 14.1. The van der Waals surface area contributed by atoms with Crippen molar-refractivity contribution in [1.29, 1.82) is 0 Å². The first kappa shape index (κ1) is 33.3. The van der Waals surface area contributed by atoms with Gasteiger partial charge in [0.25, 0.3) is 10.1 Å². The largest absolute Gasteiger partial charge is 0.495 e. The van der Waals surface area contributed by atoms with Gasteiger partial charge in [0.15, 0.2) is 5.43 Å². The van der Waals surface area contributed by atoms with E-state index in [0.717, 1.165) is 44.3 Å². The number of rotatable bonds is 12. The van der Waals surface area contributed by atoms with E-state index >= 15 is 0 Å². The summed E-state index contributed by atoms with van der Waals surface area (Å²) in [6.07, 6.45) is 8.28. The number of halogens is 1. The first-order valence-electron chi connectivity index (χ1n) is 15.4. The van der Waals surface area contributed by atoms with E-state index in [0.29, 0.717) is 44.0 Å². The molecule has 240 valence electrons. The second-order valence-electron chi connectivity index (χ2n) is 11.4. The van der Waals surface area contributed by atoms with Crippen LogP contribution in [-0.4, -0.2) is 33.2 Å². The van der Waals surface area contributed by atoms with E-state index in [4.69, 9.17) is 20.8 Å². The summed E-state index contributed by atoms with van der Waals surface area (Å²) in [6.45, 7) is 8.11. The SMILES string of the molecule is CCCCN(CCCC)c1ccc(/C=C/c2ccc(-c3c4cc(C)c(=O)cc-4oc4cc(OC)c(Cl)cc34)c(S(=O)(=O)O)c2)cc1. The maximum atomic E-state index is 12.9. The van der Waals surface area contributed by atoms with Gasteiger partial charge in [0, 0.05) is 53.0 Å². The summed E-state index contributed by atoms with van der Waals surface area (Å²) in [7, 11) is -3.21. The molecule has 0 saturated heterocycles. The minimum absolute atomic E-state index is 0.222. The van der Waals surface area contributed by atoms with Crippen molar-refractivity contribution < 1.29 is 22.1 Å². The van der Waals surface area contributed by atoms with Gasteiger partial charge in [-0.3, -0.25) is 9.35 Å². The third-order valence-corrected chi connectivity index (χ3v) is 9.32. The fraction of sp³-hybridized carbons (Fsp3) is 0.270. The molecule has 0 spiro atoms. The molecule has 1 aliphatic heterocycles. The predicted octanol–water partition coefficient (Wildman–Crippen LogP) is 9.36. The van der Waals surface area contributed by atoms with Crippen molar-refractivity contribution in [3.8, 4) is 28.2 Å². The Labute approximate surface area is 275 Å². The summed E-state index contributed by atoms with van der Waals surface area (Å²) in [5.41, 5.74) is 4.51. The Morgan fingerprint density at radius 2 is 1.54 bits per heavy atom. The van der Waals surface area contributed by atoms with Crippen molar-refractivity contribution >= 4 is 50.5 Å². The van der Waals surface area contributed by atoms with Crippen LogP contribution in [0.15, 0.2) is 80.8 Å². The lowest BCUT2D eigenvalue weighted by atomic mass is 9.92. The van der Waals surface area contributed by atoms with Gasteiger partial charge in [-0.1, -0.05) is 74.7 Å². The van der Waals surface area contributed by atoms with E-state index in [9.17, 15) is 17.8 Å². The number of benzene rings is 4. The molecule has 3 aromatic rings. The first-order valence-corrected chi connectivity index (χ1v) is 17.3.